The summed E-state index contributed by atoms with van der Waals surface area (Å²) in [5.41, 5.74) is 0. The fourth-order valence-corrected chi connectivity index (χ4v) is 4.04. The molecule has 7 heteroatoms. The first-order valence-corrected chi connectivity index (χ1v) is 11.2. The topological polar surface area (TPSA) is 58.1 Å². The Balaban J connectivity index is 1.78. The fraction of sp³-hybridized carbons (Fsp3) is 0.667. The molecule has 0 aliphatic carbocycles. The van der Waals surface area contributed by atoms with Crippen molar-refractivity contribution in [3.8, 4) is 5.75 Å². The van der Waals surface area contributed by atoms with E-state index in [1.165, 1.54) is 4.90 Å². The van der Waals surface area contributed by atoms with Gasteiger partial charge in [-0.1, -0.05) is 19.1 Å². The van der Waals surface area contributed by atoms with Crippen LogP contribution in [0.4, 0.5) is 0 Å². The van der Waals surface area contributed by atoms with Crippen molar-refractivity contribution in [3.63, 3.8) is 0 Å². The normalized spacial score (nSPS) is 17.8. The molecule has 0 spiro atoms. The van der Waals surface area contributed by atoms with Gasteiger partial charge in [0.15, 0.2) is 5.96 Å². The molecule has 2 N–H and O–H groups in total. The second-order valence-corrected chi connectivity index (χ2v) is 8.23. The second-order valence-electron chi connectivity index (χ2n) is 7.16. The molecule has 1 aromatic carbocycles. The molecule has 28 heavy (non-hydrogen) atoms. The third kappa shape index (κ3) is 7.89. The minimum absolute atomic E-state index is 0.464. The maximum absolute atomic E-state index is 5.44. The summed E-state index contributed by atoms with van der Waals surface area (Å²) in [6.45, 7) is 12.8. The van der Waals surface area contributed by atoms with Crippen LogP contribution in [-0.4, -0.2) is 75.7 Å². The summed E-state index contributed by atoms with van der Waals surface area (Å²) in [6, 6.07) is 8.64. The number of hydrogen-bond acceptors (Lipinski definition) is 5. The number of ether oxygens (including phenoxy) is 2. The lowest BCUT2D eigenvalue weighted by molar-refractivity contribution is 0.0211. The predicted molar refractivity (Wildman–Crippen MR) is 119 cm³/mol. The van der Waals surface area contributed by atoms with Crippen LogP contribution in [-0.2, 0) is 4.74 Å². The van der Waals surface area contributed by atoms with E-state index in [1.807, 2.05) is 23.9 Å². The first kappa shape index (κ1) is 22.8. The molecule has 6 nitrogen and oxygen atoms in total. The molecule has 158 valence electrons. The Kier molecular flexibility index (Phi) is 10.5. The Morgan fingerprint density at radius 3 is 2.71 bits per heavy atom. The van der Waals surface area contributed by atoms with Gasteiger partial charge in [0.05, 0.1) is 20.3 Å². The number of guanidine groups is 1. The quantitative estimate of drug-likeness (QED) is 0.353. The third-order valence-electron chi connectivity index (χ3n) is 4.73. The molecule has 1 aromatic rings. The Hall–Kier alpha value is -1.44. The highest BCUT2D eigenvalue weighted by atomic mass is 32.2. The van der Waals surface area contributed by atoms with Gasteiger partial charge in [-0.05, 0) is 31.9 Å². The van der Waals surface area contributed by atoms with Gasteiger partial charge in [0, 0.05) is 49.4 Å². The largest absolute Gasteiger partial charge is 0.496 e. The number of thioether (sulfide) groups is 1. The van der Waals surface area contributed by atoms with E-state index in [-0.39, 0.29) is 0 Å². The van der Waals surface area contributed by atoms with Gasteiger partial charge in [-0.15, -0.1) is 11.8 Å². The summed E-state index contributed by atoms with van der Waals surface area (Å²) in [4.78, 5) is 8.44. The molecule has 1 fully saturated rings. The number of aliphatic imine (C=N–C) groups is 1. The molecule has 0 radical (unpaired) electrons. The van der Waals surface area contributed by atoms with E-state index in [0.717, 1.165) is 63.4 Å². The molecule has 1 aliphatic rings. The highest BCUT2D eigenvalue weighted by Gasteiger charge is 2.17. The van der Waals surface area contributed by atoms with E-state index < -0.39 is 0 Å². The zero-order valence-electron chi connectivity index (χ0n) is 17.7. The first-order chi connectivity index (χ1) is 13.6. The molecule has 0 amide bonds. The van der Waals surface area contributed by atoms with Gasteiger partial charge in [0.25, 0.3) is 0 Å². The minimum Gasteiger partial charge on any atom is -0.496 e. The van der Waals surface area contributed by atoms with Crippen LogP contribution in [0.3, 0.4) is 0 Å². The summed E-state index contributed by atoms with van der Waals surface area (Å²) < 4.78 is 10.9. The van der Waals surface area contributed by atoms with Crippen molar-refractivity contribution in [1.82, 2.24) is 15.5 Å². The summed E-state index contributed by atoms with van der Waals surface area (Å²) in [5, 5.41) is 6.85. The smallest absolute Gasteiger partial charge is 0.191 e. The summed E-state index contributed by atoms with van der Waals surface area (Å²) in [7, 11) is 1.72. The van der Waals surface area contributed by atoms with Crippen molar-refractivity contribution >= 4 is 17.7 Å². The average Bonchev–Trinajstić information content (AvgIpc) is 2.74. The Morgan fingerprint density at radius 1 is 1.25 bits per heavy atom. The van der Waals surface area contributed by atoms with Gasteiger partial charge in [-0.25, -0.2) is 0 Å². The molecule has 2 rings (SSSR count). The molecule has 2 unspecified atom stereocenters. The van der Waals surface area contributed by atoms with Crippen molar-refractivity contribution in [1.29, 1.82) is 0 Å². The monoisotopic (exact) mass is 408 g/mol. The Labute approximate surface area is 174 Å². The molecule has 1 aliphatic heterocycles. The lowest BCUT2D eigenvalue weighted by Crippen LogP contribution is -2.49. The highest BCUT2D eigenvalue weighted by Crippen LogP contribution is 2.29. The van der Waals surface area contributed by atoms with Crippen LogP contribution in [0, 0.1) is 5.92 Å². The average molecular weight is 409 g/mol. The van der Waals surface area contributed by atoms with Crippen LogP contribution in [0.1, 0.15) is 20.8 Å². The maximum atomic E-state index is 5.44. The van der Waals surface area contributed by atoms with Crippen LogP contribution >= 0.6 is 11.8 Å². The summed E-state index contributed by atoms with van der Waals surface area (Å²) in [5.74, 6) is 3.32. The van der Waals surface area contributed by atoms with E-state index >= 15 is 0 Å². The standard InChI is InChI=1S/C21H36N4O2S/c1-5-22-21(24-15-18(3)25-10-12-27-13-11-25)23-14-17(2)16-28-20-9-7-6-8-19(20)26-4/h6-9,17-18H,5,10-16H2,1-4H3,(H2,22,23,24). The fourth-order valence-electron chi connectivity index (χ4n) is 3.00. The van der Waals surface area contributed by atoms with E-state index in [9.17, 15) is 0 Å². The summed E-state index contributed by atoms with van der Waals surface area (Å²) in [6.07, 6.45) is 0. The van der Waals surface area contributed by atoms with Crippen molar-refractivity contribution in [2.45, 2.75) is 31.7 Å². The number of rotatable bonds is 10. The van der Waals surface area contributed by atoms with Crippen LogP contribution in [0.15, 0.2) is 34.2 Å². The van der Waals surface area contributed by atoms with E-state index in [2.05, 4.69) is 48.4 Å². The maximum Gasteiger partial charge on any atom is 0.191 e. The van der Waals surface area contributed by atoms with Crippen LogP contribution in [0.25, 0.3) is 0 Å². The van der Waals surface area contributed by atoms with E-state index in [4.69, 9.17) is 14.5 Å². The van der Waals surface area contributed by atoms with Crippen molar-refractivity contribution in [2.75, 3.05) is 58.8 Å². The number of hydrogen-bond donors (Lipinski definition) is 2. The molecule has 1 saturated heterocycles. The molecular formula is C21H36N4O2S. The van der Waals surface area contributed by atoms with Crippen LogP contribution in [0.2, 0.25) is 0 Å². The van der Waals surface area contributed by atoms with Gasteiger partial charge in [-0.3, -0.25) is 9.89 Å². The van der Waals surface area contributed by atoms with Crippen molar-refractivity contribution in [3.05, 3.63) is 24.3 Å². The molecular weight excluding hydrogens is 372 g/mol. The first-order valence-electron chi connectivity index (χ1n) is 10.2. The molecule has 0 aromatic heterocycles. The van der Waals surface area contributed by atoms with Crippen molar-refractivity contribution < 1.29 is 9.47 Å². The number of benzene rings is 1. The lowest BCUT2D eigenvalue weighted by atomic mass is 10.2. The third-order valence-corrected chi connectivity index (χ3v) is 6.12. The Bertz CT molecular complexity index is 594. The summed E-state index contributed by atoms with van der Waals surface area (Å²) >= 11 is 1.83. The highest BCUT2D eigenvalue weighted by molar-refractivity contribution is 7.99. The lowest BCUT2D eigenvalue weighted by Gasteiger charge is -2.32. The number of methoxy groups -OCH3 is 1. The number of nitrogens with one attached hydrogen (secondary N) is 2. The number of nitrogens with zero attached hydrogens (tertiary/aromatic N) is 2. The molecule has 2 atom stereocenters. The number of para-hydroxylation sites is 1. The zero-order chi connectivity index (χ0) is 20.2. The minimum atomic E-state index is 0.464. The van der Waals surface area contributed by atoms with Crippen LogP contribution in [0.5, 0.6) is 5.75 Å². The second kappa shape index (κ2) is 12.9. The number of morpholine rings is 1. The molecule has 1 heterocycles. The van der Waals surface area contributed by atoms with Gasteiger partial charge in [0.2, 0.25) is 0 Å². The van der Waals surface area contributed by atoms with Gasteiger partial charge in [-0.2, -0.15) is 0 Å². The van der Waals surface area contributed by atoms with E-state index in [0.29, 0.717) is 12.0 Å². The van der Waals surface area contributed by atoms with Crippen LogP contribution < -0.4 is 15.4 Å². The van der Waals surface area contributed by atoms with Gasteiger partial charge < -0.3 is 20.1 Å². The molecule has 0 bridgehead atoms. The Morgan fingerprint density at radius 2 is 2.00 bits per heavy atom. The molecule has 0 saturated carbocycles. The van der Waals surface area contributed by atoms with E-state index in [1.54, 1.807) is 7.11 Å². The van der Waals surface area contributed by atoms with Gasteiger partial charge >= 0.3 is 0 Å². The van der Waals surface area contributed by atoms with Crippen molar-refractivity contribution in [2.24, 2.45) is 10.9 Å². The predicted octanol–water partition coefficient (Wildman–Crippen LogP) is 2.70. The SMILES string of the molecule is CCNC(=NCC(C)CSc1ccccc1OC)NCC(C)N1CCOCC1. The zero-order valence-corrected chi connectivity index (χ0v) is 18.6. The van der Waals surface area contributed by atoms with Gasteiger partial charge in [0.1, 0.15) is 5.75 Å².